The van der Waals surface area contributed by atoms with Crippen LogP contribution in [0.15, 0.2) is 54.9 Å². The van der Waals surface area contributed by atoms with Gasteiger partial charge in [0.1, 0.15) is 5.82 Å². The lowest BCUT2D eigenvalue weighted by molar-refractivity contribution is 0.991. The molecule has 0 atom stereocenters. The molecule has 0 radical (unpaired) electrons. The number of nitrogens with one attached hydrogen (secondary N) is 4. The first-order chi connectivity index (χ1) is 15.1. The highest BCUT2D eigenvalue weighted by Crippen LogP contribution is 2.26. The normalized spacial score (nSPS) is 11.3. The molecule has 3 aromatic heterocycles. The van der Waals surface area contributed by atoms with Crippen LogP contribution in [0.3, 0.4) is 0 Å². The molecular weight excluding hydrogens is 384 g/mol. The zero-order chi connectivity index (χ0) is 21.4. The van der Waals surface area contributed by atoms with Gasteiger partial charge in [0.05, 0.1) is 0 Å². The van der Waals surface area contributed by atoms with Crippen LogP contribution in [0.5, 0.6) is 0 Å². The van der Waals surface area contributed by atoms with Crippen molar-refractivity contribution in [2.24, 2.45) is 0 Å². The standard InChI is InChI=1S/C25H26N6/c1-15-4-6-22-21(12-15)18(14-28-22)8-10-26-25-27-11-9-24(31-25)30-19-5-7-23-20(13-19)16(2)17(3)29-23/h4-7,9,11-14,28-29H,8,10H2,1-3H3,(H2,26,27,30,31). The van der Waals surface area contributed by atoms with Crippen molar-refractivity contribution in [1.29, 1.82) is 0 Å². The van der Waals surface area contributed by atoms with Crippen molar-refractivity contribution in [2.75, 3.05) is 17.2 Å². The van der Waals surface area contributed by atoms with E-state index < -0.39 is 0 Å². The van der Waals surface area contributed by atoms with Crippen LogP contribution in [0.4, 0.5) is 17.5 Å². The number of fused-ring (bicyclic) bond motifs is 2. The SMILES string of the molecule is Cc1ccc2[nH]cc(CCNc3nccc(Nc4ccc5[nH]c(C)c(C)c5c4)n3)c2c1. The fraction of sp³-hybridized carbons (Fsp3) is 0.200. The summed E-state index contributed by atoms with van der Waals surface area (Å²) in [7, 11) is 0. The molecule has 0 unspecified atom stereocenters. The molecule has 5 aromatic rings. The Balaban J connectivity index is 1.27. The van der Waals surface area contributed by atoms with E-state index in [0.717, 1.165) is 30.0 Å². The number of benzene rings is 2. The highest BCUT2D eigenvalue weighted by molar-refractivity contribution is 5.88. The van der Waals surface area contributed by atoms with Crippen LogP contribution in [0.25, 0.3) is 21.8 Å². The molecule has 0 aliphatic rings. The largest absolute Gasteiger partial charge is 0.361 e. The average molecular weight is 411 g/mol. The number of rotatable bonds is 6. The number of H-pyrrole nitrogens is 2. The molecule has 156 valence electrons. The van der Waals surface area contributed by atoms with E-state index >= 15 is 0 Å². The highest BCUT2D eigenvalue weighted by Gasteiger charge is 2.07. The van der Waals surface area contributed by atoms with E-state index in [1.165, 1.54) is 38.7 Å². The van der Waals surface area contributed by atoms with Gasteiger partial charge < -0.3 is 20.6 Å². The Morgan fingerprint density at radius 1 is 0.935 bits per heavy atom. The number of aromatic amines is 2. The Hall–Kier alpha value is -3.80. The van der Waals surface area contributed by atoms with Crippen LogP contribution in [0.1, 0.15) is 22.4 Å². The third-order valence-electron chi connectivity index (χ3n) is 5.84. The Bertz CT molecular complexity index is 1380. The van der Waals surface area contributed by atoms with Crippen molar-refractivity contribution >= 4 is 39.3 Å². The molecule has 4 N–H and O–H groups in total. The zero-order valence-corrected chi connectivity index (χ0v) is 18.0. The van der Waals surface area contributed by atoms with Crippen molar-refractivity contribution in [2.45, 2.75) is 27.2 Å². The number of anilines is 3. The molecule has 0 saturated carbocycles. The smallest absolute Gasteiger partial charge is 0.224 e. The summed E-state index contributed by atoms with van der Waals surface area (Å²) >= 11 is 0. The van der Waals surface area contributed by atoms with Crippen molar-refractivity contribution < 1.29 is 0 Å². The topological polar surface area (TPSA) is 81.4 Å². The lowest BCUT2D eigenvalue weighted by Gasteiger charge is -2.09. The van der Waals surface area contributed by atoms with Gasteiger partial charge in [-0.3, -0.25) is 0 Å². The molecule has 6 nitrogen and oxygen atoms in total. The molecule has 5 rings (SSSR count). The Kier molecular flexibility index (Phi) is 4.82. The van der Waals surface area contributed by atoms with E-state index in [-0.39, 0.29) is 0 Å². The van der Waals surface area contributed by atoms with Gasteiger partial charge >= 0.3 is 0 Å². The molecule has 0 bridgehead atoms. The second kappa shape index (κ2) is 7.80. The summed E-state index contributed by atoms with van der Waals surface area (Å²) in [6.07, 6.45) is 4.76. The second-order valence-electron chi connectivity index (χ2n) is 8.07. The summed E-state index contributed by atoms with van der Waals surface area (Å²) in [4.78, 5) is 15.7. The summed E-state index contributed by atoms with van der Waals surface area (Å²) in [5, 5.41) is 9.25. The lowest BCUT2D eigenvalue weighted by Crippen LogP contribution is -2.08. The molecule has 3 heterocycles. The summed E-state index contributed by atoms with van der Waals surface area (Å²) < 4.78 is 0. The molecule has 31 heavy (non-hydrogen) atoms. The summed E-state index contributed by atoms with van der Waals surface area (Å²) in [5.74, 6) is 1.39. The zero-order valence-electron chi connectivity index (χ0n) is 18.0. The monoisotopic (exact) mass is 410 g/mol. The minimum Gasteiger partial charge on any atom is -0.361 e. The van der Waals surface area contributed by atoms with Gasteiger partial charge in [-0.1, -0.05) is 11.6 Å². The van der Waals surface area contributed by atoms with Crippen molar-refractivity contribution in [3.63, 3.8) is 0 Å². The fourth-order valence-corrected chi connectivity index (χ4v) is 4.01. The van der Waals surface area contributed by atoms with Crippen LogP contribution in [0.2, 0.25) is 0 Å². The molecule has 0 aliphatic carbocycles. The van der Waals surface area contributed by atoms with Crippen LogP contribution in [-0.2, 0) is 6.42 Å². The first-order valence-corrected chi connectivity index (χ1v) is 10.6. The van der Waals surface area contributed by atoms with E-state index in [0.29, 0.717) is 5.95 Å². The minimum absolute atomic E-state index is 0.621. The van der Waals surface area contributed by atoms with Gasteiger partial charge in [-0.05, 0) is 74.7 Å². The Labute approximate surface area is 181 Å². The molecule has 0 fully saturated rings. The maximum Gasteiger partial charge on any atom is 0.224 e. The van der Waals surface area contributed by atoms with Gasteiger partial charge in [-0.25, -0.2) is 4.98 Å². The molecule has 6 heteroatoms. The number of nitrogens with zero attached hydrogens (tertiary/aromatic N) is 2. The highest BCUT2D eigenvalue weighted by atomic mass is 15.1. The number of aryl methyl sites for hydroxylation is 3. The Morgan fingerprint density at radius 3 is 2.71 bits per heavy atom. The lowest BCUT2D eigenvalue weighted by atomic mass is 10.1. The van der Waals surface area contributed by atoms with E-state index in [4.69, 9.17) is 0 Å². The maximum atomic E-state index is 4.62. The van der Waals surface area contributed by atoms with E-state index in [1.54, 1.807) is 6.20 Å². The third kappa shape index (κ3) is 3.84. The van der Waals surface area contributed by atoms with Gasteiger partial charge in [0.15, 0.2) is 0 Å². The quantitative estimate of drug-likeness (QED) is 0.287. The number of hydrogen-bond donors (Lipinski definition) is 4. The van der Waals surface area contributed by atoms with Crippen LogP contribution in [-0.4, -0.2) is 26.5 Å². The molecule has 2 aromatic carbocycles. The maximum absolute atomic E-state index is 4.62. The Morgan fingerprint density at radius 2 is 1.81 bits per heavy atom. The predicted molar refractivity (Wildman–Crippen MR) is 128 cm³/mol. The fourth-order valence-electron chi connectivity index (χ4n) is 4.01. The molecular formula is C25H26N6. The molecule has 0 spiro atoms. The van der Waals surface area contributed by atoms with Crippen molar-refractivity contribution in [3.05, 3.63) is 77.2 Å². The second-order valence-corrected chi connectivity index (χ2v) is 8.07. The third-order valence-corrected chi connectivity index (χ3v) is 5.84. The minimum atomic E-state index is 0.621. The number of hydrogen-bond acceptors (Lipinski definition) is 4. The summed E-state index contributed by atoms with van der Waals surface area (Å²) in [6.45, 7) is 7.12. The molecule has 0 aliphatic heterocycles. The van der Waals surface area contributed by atoms with Crippen molar-refractivity contribution in [1.82, 2.24) is 19.9 Å². The van der Waals surface area contributed by atoms with Crippen LogP contribution >= 0.6 is 0 Å². The van der Waals surface area contributed by atoms with Gasteiger partial charge in [0.2, 0.25) is 5.95 Å². The predicted octanol–water partition coefficient (Wildman–Crippen LogP) is 5.76. The molecule has 0 saturated heterocycles. The van der Waals surface area contributed by atoms with Gasteiger partial charge in [-0.2, -0.15) is 4.98 Å². The van der Waals surface area contributed by atoms with Gasteiger partial charge in [0.25, 0.3) is 0 Å². The van der Waals surface area contributed by atoms with E-state index in [2.05, 4.69) is 93.9 Å². The van der Waals surface area contributed by atoms with Gasteiger partial charge in [-0.15, -0.1) is 0 Å². The van der Waals surface area contributed by atoms with Crippen LogP contribution in [0, 0.1) is 20.8 Å². The first-order valence-electron chi connectivity index (χ1n) is 10.6. The van der Waals surface area contributed by atoms with Gasteiger partial charge in [0, 0.05) is 52.1 Å². The first kappa shape index (κ1) is 19.2. The number of aromatic nitrogens is 4. The average Bonchev–Trinajstić information content (AvgIpc) is 3.29. The van der Waals surface area contributed by atoms with Crippen molar-refractivity contribution in [3.8, 4) is 0 Å². The van der Waals surface area contributed by atoms with E-state index in [9.17, 15) is 0 Å². The summed E-state index contributed by atoms with van der Waals surface area (Å²) in [5.41, 5.74) is 8.37. The van der Waals surface area contributed by atoms with E-state index in [1.807, 2.05) is 6.07 Å². The van der Waals surface area contributed by atoms with Crippen LogP contribution < -0.4 is 10.6 Å². The molecule has 0 amide bonds. The summed E-state index contributed by atoms with van der Waals surface area (Å²) in [6, 6.07) is 14.7.